The number of hydrogen-bond acceptors (Lipinski definition) is 3. The fourth-order valence-electron chi connectivity index (χ4n) is 2.04. The molecular weight excluding hydrogens is 240 g/mol. The molecule has 1 aromatic rings. The van der Waals surface area contributed by atoms with Crippen molar-refractivity contribution in [2.45, 2.75) is 40.2 Å². The highest BCUT2D eigenvalue weighted by Crippen LogP contribution is 2.08. The SMILES string of the molecule is CC(C)CN(CCNCCc1cccs1)C(C)C. The molecule has 0 aliphatic heterocycles. The molecule has 0 saturated carbocycles. The van der Waals surface area contributed by atoms with Gasteiger partial charge >= 0.3 is 0 Å². The Morgan fingerprint density at radius 3 is 2.56 bits per heavy atom. The molecule has 1 rings (SSSR count). The molecule has 3 heteroatoms. The van der Waals surface area contributed by atoms with Crippen LogP contribution in [-0.2, 0) is 6.42 Å². The zero-order chi connectivity index (χ0) is 13.4. The number of thiophene rings is 1. The van der Waals surface area contributed by atoms with Gasteiger partial charge in [-0.3, -0.25) is 4.90 Å². The summed E-state index contributed by atoms with van der Waals surface area (Å²) in [4.78, 5) is 4.04. The third-order valence-electron chi connectivity index (χ3n) is 3.03. The summed E-state index contributed by atoms with van der Waals surface area (Å²) >= 11 is 1.85. The van der Waals surface area contributed by atoms with Crippen LogP contribution in [0.1, 0.15) is 32.6 Å². The first-order valence-electron chi connectivity index (χ1n) is 7.06. The molecule has 0 bridgehead atoms. The third-order valence-corrected chi connectivity index (χ3v) is 3.97. The van der Waals surface area contributed by atoms with Crippen LogP contribution in [0.3, 0.4) is 0 Å². The average molecular weight is 268 g/mol. The molecule has 0 unspecified atom stereocenters. The maximum absolute atomic E-state index is 3.55. The Balaban J connectivity index is 2.11. The van der Waals surface area contributed by atoms with E-state index in [-0.39, 0.29) is 0 Å². The van der Waals surface area contributed by atoms with Gasteiger partial charge in [-0.2, -0.15) is 0 Å². The standard InChI is InChI=1S/C15H28N2S/c1-13(2)12-17(14(3)4)10-9-16-8-7-15-6-5-11-18-15/h5-6,11,13-14,16H,7-10,12H2,1-4H3. The van der Waals surface area contributed by atoms with Gasteiger partial charge in [-0.25, -0.2) is 0 Å². The quantitative estimate of drug-likeness (QED) is 0.692. The maximum atomic E-state index is 3.55. The first-order chi connectivity index (χ1) is 8.59. The van der Waals surface area contributed by atoms with E-state index < -0.39 is 0 Å². The Kier molecular flexibility index (Phi) is 7.56. The number of hydrogen-bond donors (Lipinski definition) is 1. The molecule has 0 saturated heterocycles. The van der Waals surface area contributed by atoms with Crippen molar-refractivity contribution in [2.75, 3.05) is 26.2 Å². The second kappa shape index (κ2) is 8.68. The van der Waals surface area contributed by atoms with Crippen LogP contribution in [0.15, 0.2) is 17.5 Å². The predicted molar refractivity (Wildman–Crippen MR) is 82.4 cm³/mol. The average Bonchev–Trinajstić information content (AvgIpc) is 2.79. The molecule has 0 aliphatic rings. The summed E-state index contributed by atoms with van der Waals surface area (Å²) in [5.41, 5.74) is 0. The van der Waals surface area contributed by atoms with Gasteiger partial charge in [0.05, 0.1) is 0 Å². The van der Waals surface area contributed by atoms with Crippen LogP contribution in [0.5, 0.6) is 0 Å². The normalized spacial score (nSPS) is 11.9. The molecular formula is C15H28N2S. The van der Waals surface area contributed by atoms with Crippen LogP contribution in [0.4, 0.5) is 0 Å². The number of nitrogens with one attached hydrogen (secondary N) is 1. The van der Waals surface area contributed by atoms with E-state index in [1.54, 1.807) is 0 Å². The molecule has 104 valence electrons. The Labute approximate surface area is 116 Å². The lowest BCUT2D eigenvalue weighted by Gasteiger charge is -2.28. The van der Waals surface area contributed by atoms with Crippen molar-refractivity contribution in [2.24, 2.45) is 5.92 Å². The Morgan fingerprint density at radius 1 is 1.22 bits per heavy atom. The molecule has 2 nitrogen and oxygen atoms in total. The lowest BCUT2D eigenvalue weighted by molar-refractivity contribution is 0.198. The number of nitrogens with zero attached hydrogens (tertiary/aromatic N) is 1. The Hall–Kier alpha value is -0.380. The largest absolute Gasteiger partial charge is 0.315 e. The van der Waals surface area contributed by atoms with Crippen LogP contribution in [0.25, 0.3) is 0 Å². The fraction of sp³-hybridized carbons (Fsp3) is 0.733. The van der Waals surface area contributed by atoms with Crippen LogP contribution in [0.2, 0.25) is 0 Å². The summed E-state index contributed by atoms with van der Waals surface area (Å²) in [5, 5.41) is 5.70. The first kappa shape index (κ1) is 15.7. The summed E-state index contributed by atoms with van der Waals surface area (Å²) in [6.07, 6.45) is 1.16. The molecule has 0 spiro atoms. The molecule has 0 fully saturated rings. The van der Waals surface area contributed by atoms with Crippen LogP contribution in [0, 0.1) is 5.92 Å². The lowest BCUT2D eigenvalue weighted by atomic mass is 10.2. The summed E-state index contributed by atoms with van der Waals surface area (Å²) in [5.74, 6) is 0.749. The van der Waals surface area contributed by atoms with Crippen molar-refractivity contribution >= 4 is 11.3 Å². The summed E-state index contributed by atoms with van der Waals surface area (Å²) in [7, 11) is 0. The zero-order valence-corrected chi connectivity index (χ0v) is 13.1. The summed E-state index contributed by atoms with van der Waals surface area (Å²) in [6.45, 7) is 13.7. The first-order valence-corrected chi connectivity index (χ1v) is 7.94. The molecule has 1 aromatic heterocycles. The van der Waals surface area contributed by atoms with Crippen molar-refractivity contribution in [3.05, 3.63) is 22.4 Å². The highest BCUT2D eigenvalue weighted by atomic mass is 32.1. The fourth-order valence-corrected chi connectivity index (χ4v) is 2.75. The molecule has 18 heavy (non-hydrogen) atoms. The molecule has 0 atom stereocenters. The minimum absolute atomic E-state index is 0.645. The molecule has 1 N–H and O–H groups in total. The van der Waals surface area contributed by atoms with E-state index >= 15 is 0 Å². The van der Waals surface area contributed by atoms with Gasteiger partial charge in [0.1, 0.15) is 0 Å². The molecule has 0 aromatic carbocycles. The van der Waals surface area contributed by atoms with Gasteiger partial charge in [0.2, 0.25) is 0 Å². The van der Waals surface area contributed by atoms with Crippen molar-refractivity contribution in [3.63, 3.8) is 0 Å². The second-order valence-corrected chi connectivity index (χ2v) is 6.59. The maximum Gasteiger partial charge on any atom is 0.0110 e. The summed E-state index contributed by atoms with van der Waals surface area (Å²) in [6, 6.07) is 4.99. The van der Waals surface area contributed by atoms with Gasteiger partial charge in [0.15, 0.2) is 0 Å². The van der Waals surface area contributed by atoms with Crippen LogP contribution in [-0.4, -0.2) is 37.1 Å². The van der Waals surface area contributed by atoms with E-state index in [0.29, 0.717) is 6.04 Å². The van der Waals surface area contributed by atoms with Gasteiger partial charge in [-0.1, -0.05) is 19.9 Å². The van der Waals surface area contributed by atoms with Crippen molar-refractivity contribution in [3.8, 4) is 0 Å². The molecule has 0 aliphatic carbocycles. The van der Waals surface area contributed by atoms with E-state index in [4.69, 9.17) is 0 Å². The van der Waals surface area contributed by atoms with Gasteiger partial charge in [-0.15, -0.1) is 11.3 Å². The Bertz CT molecular complexity index is 293. The van der Waals surface area contributed by atoms with Crippen molar-refractivity contribution < 1.29 is 0 Å². The lowest BCUT2D eigenvalue weighted by Crippen LogP contribution is -2.39. The number of rotatable bonds is 9. The van der Waals surface area contributed by atoms with E-state index in [2.05, 4.69) is 55.4 Å². The highest BCUT2D eigenvalue weighted by molar-refractivity contribution is 7.09. The van der Waals surface area contributed by atoms with E-state index in [0.717, 1.165) is 32.0 Å². The van der Waals surface area contributed by atoms with Crippen LogP contribution < -0.4 is 5.32 Å². The van der Waals surface area contributed by atoms with Gasteiger partial charge in [0.25, 0.3) is 0 Å². The topological polar surface area (TPSA) is 15.3 Å². The van der Waals surface area contributed by atoms with Gasteiger partial charge in [-0.05, 0) is 37.6 Å². The van der Waals surface area contributed by atoms with Crippen LogP contribution >= 0.6 is 11.3 Å². The van der Waals surface area contributed by atoms with E-state index in [1.807, 2.05) is 11.3 Å². The van der Waals surface area contributed by atoms with Crippen molar-refractivity contribution in [1.82, 2.24) is 10.2 Å². The summed E-state index contributed by atoms with van der Waals surface area (Å²) < 4.78 is 0. The molecule has 1 heterocycles. The monoisotopic (exact) mass is 268 g/mol. The molecule has 0 radical (unpaired) electrons. The van der Waals surface area contributed by atoms with Gasteiger partial charge < -0.3 is 5.32 Å². The zero-order valence-electron chi connectivity index (χ0n) is 12.3. The predicted octanol–water partition coefficient (Wildman–Crippen LogP) is 3.25. The van der Waals surface area contributed by atoms with Gasteiger partial charge in [0, 0.05) is 37.1 Å². The smallest absolute Gasteiger partial charge is 0.0110 e. The Morgan fingerprint density at radius 2 is 2.00 bits per heavy atom. The van der Waals surface area contributed by atoms with E-state index in [9.17, 15) is 0 Å². The highest BCUT2D eigenvalue weighted by Gasteiger charge is 2.10. The third kappa shape index (κ3) is 6.53. The minimum Gasteiger partial charge on any atom is -0.315 e. The molecule has 0 amide bonds. The van der Waals surface area contributed by atoms with Crippen molar-refractivity contribution in [1.29, 1.82) is 0 Å². The van der Waals surface area contributed by atoms with E-state index in [1.165, 1.54) is 11.4 Å². The second-order valence-electron chi connectivity index (χ2n) is 5.56. The minimum atomic E-state index is 0.645.